The number of nitrogens with one attached hydrogen (secondary N) is 1. The van der Waals surface area contributed by atoms with E-state index in [4.69, 9.17) is 0 Å². The maximum absolute atomic E-state index is 12.0. The first-order valence-electron chi connectivity index (χ1n) is 7.47. The Balaban J connectivity index is 1.90. The second-order valence-electron chi connectivity index (χ2n) is 5.34. The van der Waals surface area contributed by atoms with E-state index in [9.17, 15) is 4.79 Å². The largest absolute Gasteiger partial charge is 0.310 e. The van der Waals surface area contributed by atoms with Gasteiger partial charge in [-0.25, -0.2) is 4.98 Å². The van der Waals surface area contributed by atoms with Crippen molar-refractivity contribution in [2.45, 2.75) is 12.2 Å². The van der Waals surface area contributed by atoms with Crippen LogP contribution in [0.1, 0.15) is 6.92 Å². The van der Waals surface area contributed by atoms with Gasteiger partial charge in [-0.3, -0.25) is 4.79 Å². The quantitative estimate of drug-likeness (QED) is 0.764. The van der Waals surface area contributed by atoms with Gasteiger partial charge in [-0.15, -0.1) is 0 Å². The number of aromatic nitrogens is 1. The molecule has 116 valence electrons. The van der Waals surface area contributed by atoms with E-state index in [1.807, 2.05) is 43.5 Å². The van der Waals surface area contributed by atoms with Crippen LogP contribution in [0.3, 0.4) is 0 Å². The van der Waals surface area contributed by atoms with Crippen LogP contribution in [-0.4, -0.2) is 22.4 Å². The van der Waals surface area contributed by atoms with Crippen LogP contribution in [0.2, 0.25) is 0 Å². The summed E-state index contributed by atoms with van der Waals surface area (Å²) in [5, 5.41) is 5.15. The molecule has 1 aromatic heterocycles. The van der Waals surface area contributed by atoms with Crippen LogP contribution in [0.15, 0.2) is 60.7 Å². The number of hydrogen-bond donors (Lipinski definition) is 1. The lowest BCUT2D eigenvalue weighted by Crippen LogP contribution is -2.22. The number of fused-ring (bicyclic) bond motifs is 1. The Morgan fingerprint density at radius 3 is 2.61 bits per heavy atom. The van der Waals surface area contributed by atoms with Gasteiger partial charge in [0.05, 0.1) is 10.9 Å². The van der Waals surface area contributed by atoms with E-state index < -0.39 is 0 Å². The van der Waals surface area contributed by atoms with Crippen LogP contribution < -0.4 is 5.32 Å². The van der Waals surface area contributed by atoms with Gasteiger partial charge < -0.3 is 5.32 Å². The molecule has 1 N–H and O–H groups in total. The zero-order valence-electron chi connectivity index (χ0n) is 13.1. The van der Waals surface area contributed by atoms with Gasteiger partial charge in [-0.2, -0.15) is 11.8 Å². The lowest BCUT2D eigenvalue weighted by Gasteiger charge is -2.10. The molecule has 0 saturated heterocycles. The Morgan fingerprint density at radius 2 is 1.83 bits per heavy atom. The third kappa shape index (κ3) is 3.54. The standard InChI is InChI=1S/C19H18N2OS/c1-13(23-2)19(22)21-18-9-5-8-17(20-18)16-11-10-14-6-3-4-7-15(14)12-16/h3-13H,1-2H3,(H,20,21,22). The van der Waals surface area contributed by atoms with Crippen LogP contribution >= 0.6 is 11.8 Å². The fourth-order valence-corrected chi connectivity index (χ4v) is 2.62. The molecule has 1 heterocycles. The van der Waals surface area contributed by atoms with E-state index >= 15 is 0 Å². The van der Waals surface area contributed by atoms with Gasteiger partial charge >= 0.3 is 0 Å². The Bertz CT molecular complexity index is 847. The van der Waals surface area contributed by atoms with Crippen LogP contribution in [-0.2, 0) is 4.79 Å². The van der Waals surface area contributed by atoms with Crippen molar-refractivity contribution in [2.24, 2.45) is 0 Å². The summed E-state index contributed by atoms with van der Waals surface area (Å²) in [6.45, 7) is 1.88. The highest BCUT2D eigenvalue weighted by Gasteiger charge is 2.12. The fourth-order valence-electron chi connectivity index (χ4n) is 2.35. The predicted octanol–water partition coefficient (Wildman–Crippen LogP) is 4.59. The Kier molecular flexibility index (Phi) is 4.63. The smallest absolute Gasteiger partial charge is 0.238 e. The summed E-state index contributed by atoms with van der Waals surface area (Å²) in [7, 11) is 0. The molecule has 0 aliphatic heterocycles. The van der Waals surface area contributed by atoms with E-state index in [2.05, 4.69) is 40.6 Å². The molecule has 3 nitrogen and oxygen atoms in total. The number of pyridine rings is 1. The molecule has 0 aliphatic carbocycles. The van der Waals surface area contributed by atoms with E-state index in [-0.39, 0.29) is 11.2 Å². The minimum atomic E-state index is -0.0962. The summed E-state index contributed by atoms with van der Waals surface area (Å²) >= 11 is 1.51. The van der Waals surface area contributed by atoms with Gasteiger partial charge in [0.2, 0.25) is 5.91 Å². The molecule has 3 aromatic rings. The van der Waals surface area contributed by atoms with Gasteiger partial charge in [0.25, 0.3) is 0 Å². The van der Waals surface area contributed by atoms with Gasteiger partial charge in [-0.05, 0) is 42.2 Å². The molecule has 0 fully saturated rings. The number of amides is 1. The van der Waals surface area contributed by atoms with Crippen molar-refractivity contribution in [3.8, 4) is 11.3 Å². The molecule has 1 amide bonds. The molecule has 0 spiro atoms. The first-order chi connectivity index (χ1) is 11.2. The first kappa shape index (κ1) is 15.6. The van der Waals surface area contributed by atoms with Crippen molar-refractivity contribution < 1.29 is 4.79 Å². The number of rotatable bonds is 4. The topological polar surface area (TPSA) is 42.0 Å². The molecule has 0 saturated carbocycles. The number of hydrogen-bond acceptors (Lipinski definition) is 3. The molecule has 2 aromatic carbocycles. The van der Waals surface area contributed by atoms with Crippen molar-refractivity contribution in [1.29, 1.82) is 0 Å². The van der Waals surface area contributed by atoms with E-state index in [0.717, 1.165) is 11.3 Å². The lowest BCUT2D eigenvalue weighted by molar-refractivity contribution is -0.115. The monoisotopic (exact) mass is 322 g/mol. The average Bonchev–Trinajstić information content (AvgIpc) is 2.60. The lowest BCUT2D eigenvalue weighted by atomic mass is 10.0. The van der Waals surface area contributed by atoms with Crippen molar-refractivity contribution in [3.05, 3.63) is 60.7 Å². The molecule has 1 atom stereocenters. The second-order valence-corrected chi connectivity index (χ2v) is 6.52. The normalized spacial score (nSPS) is 12.1. The highest BCUT2D eigenvalue weighted by Crippen LogP contribution is 2.24. The van der Waals surface area contributed by atoms with E-state index in [1.165, 1.54) is 22.5 Å². The highest BCUT2D eigenvalue weighted by atomic mass is 32.2. The maximum Gasteiger partial charge on any atom is 0.238 e. The fraction of sp³-hybridized carbons (Fsp3) is 0.158. The molecule has 4 heteroatoms. The predicted molar refractivity (Wildman–Crippen MR) is 98.8 cm³/mol. The molecule has 23 heavy (non-hydrogen) atoms. The molecular formula is C19H18N2OS. The molecular weight excluding hydrogens is 304 g/mol. The SMILES string of the molecule is CSC(C)C(=O)Nc1cccc(-c2ccc3ccccc3c2)n1. The number of thioether (sulfide) groups is 1. The summed E-state index contributed by atoms with van der Waals surface area (Å²) in [4.78, 5) is 16.6. The van der Waals surface area contributed by atoms with E-state index in [0.29, 0.717) is 5.82 Å². The minimum absolute atomic E-state index is 0.0272. The average molecular weight is 322 g/mol. The Labute approximate surface area is 140 Å². The Morgan fingerprint density at radius 1 is 1.04 bits per heavy atom. The summed E-state index contributed by atoms with van der Waals surface area (Å²) in [6, 6.07) is 20.2. The zero-order chi connectivity index (χ0) is 16.2. The molecule has 0 bridgehead atoms. The second kappa shape index (κ2) is 6.84. The summed E-state index contributed by atoms with van der Waals surface area (Å²) in [5.74, 6) is 0.558. The number of benzene rings is 2. The first-order valence-corrected chi connectivity index (χ1v) is 8.76. The van der Waals surface area contributed by atoms with Crippen LogP contribution in [0.25, 0.3) is 22.0 Å². The van der Waals surface area contributed by atoms with Crippen LogP contribution in [0.4, 0.5) is 5.82 Å². The number of carbonyl (C=O) groups excluding carboxylic acids is 1. The third-order valence-electron chi connectivity index (χ3n) is 3.77. The Hall–Kier alpha value is -2.33. The molecule has 0 aliphatic rings. The van der Waals surface area contributed by atoms with Crippen molar-refractivity contribution in [2.75, 3.05) is 11.6 Å². The maximum atomic E-state index is 12.0. The summed E-state index contributed by atoms with van der Waals surface area (Å²) < 4.78 is 0. The van der Waals surface area contributed by atoms with E-state index in [1.54, 1.807) is 0 Å². The highest BCUT2D eigenvalue weighted by molar-refractivity contribution is 7.99. The van der Waals surface area contributed by atoms with Crippen molar-refractivity contribution in [1.82, 2.24) is 4.98 Å². The van der Waals surface area contributed by atoms with Crippen molar-refractivity contribution >= 4 is 34.3 Å². The number of carbonyl (C=O) groups is 1. The van der Waals surface area contributed by atoms with Crippen molar-refractivity contribution in [3.63, 3.8) is 0 Å². The summed E-state index contributed by atoms with van der Waals surface area (Å²) in [5.41, 5.74) is 1.89. The molecule has 1 unspecified atom stereocenters. The molecule has 0 radical (unpaired) electrons. The third-order valence-corrected chi connectivity index (χ3v) is 4.69. The molecule has 3 rings (SSSR count). The number of anilines is 1. The van der Waals surface area contributed by atoms with Crippen LogP contribution in [0.5, 0.6) is 0 Å². The van der Waals surface area contributed by atoms with Gasteiger partial charge in [0.1, 0.15) is 5.82 Å². The number of nitrogens with zero attached hydrogens (tertiary/aromatic N) is 1. The van der Waals surface area contributed by atoms with Crippen LogP contribution in [0, 0.1) is 0 Å². The zero-order valence-corrected chi connectivity index (χ0v) is 13.9. The minimum Gasteiger partial charge on any atom is -0.310 e. The van der Waals surface area contributed by atoms with Gasteiger partial charge in [-0.1, -0.05) is 42.5 Å². The van der Waals surface area contributed by atoms with Gasteiger partial charge in [0.15, 0.2) is 0 Å². The van der Waals surface area contributed by atoms with Gasteiger partial charge in [0, 0.05) is 5.56 Å². The summed E-state index contributed by atoms with van der Waals surface area (Å²) in [6.07, 6.45) is 1.92.